The molecule has 0 bridgehead atoms. The van der Waals surface area contributed by atoms with Gasteiger partial charge in [-0.1, -0.05) is 12.1 Å². The molecule has 2 aromatic rings. The minimum atomic E-state index is -1.63. The smallest absolute Gasteiger partial charge is 0.202 e. The molecular weight excluding hydrogens is 232 g/mol. The number of ether oxygens (including phenoxy) is 1. The van der Waals surface area contributed by atoms with Crippen molar-refractivity contribution in [3.63, 3.8) is 0 Å². The average Bonchev–Trinajstić information content (AvgIpc) is 2.87. The molecule has 2 unspecified atom stereocenters. The number of ketones is 1. The summed E-state index contributed by atoms with van der Waals surface area (Å²) in [5.41, 5.74) is -1.24. The first-order valence-corrected chi connectivity index (χ1v) is 5.67. The second-order valence-corrected chi connectivity index (χ2v) is 4.49. The third-order valence-electron chi connectivity index (χ3n) is 3.15. The summed E-state index contributed by atoms with van der Waals surface area (Å²) in [7, 11) is 0. The van der Waals surface area contributed by atoms with E-state index in [9.17, 15) is 9.90 Å². The Morgan fingerprint density at radius 2 is 2.00 bits per heavy atom. The standard InChI is InChI=1S/C14H12O4/c1-14(16)12(15)9-5-2-3-6-10(9)18-13(14)11-7-4-8-17-11/h2-8,13,16H,1H3. The number of carbonyl (C=O) groups excluding carboxylic acids is 1. The predicted octanol–water partition coefficient (Wildman–Crippen LogP) is 2.35. The van der Waals surface area contributed by atoms with Crippen molar-refractivity contribution in [3.8, 4) is 5.75 Å². The van der Waals surface area contributed by atoms with E-state index >= 15 is 0 Å². The fourth-order valence-corrected chi connectivity index (χ4v) is 2.17. The van der Waals surface area contributed by atoms with Gasteiger partial charge >= 0.3 is 0 Å². The van der Waals surface area contributed by atoms with Crippen molar-refractivity contribution in [2.24, 2.45) is 0 Å². The van der Waals surface area contributed by atoms with Crippen molar-refractivity contribution < 1.29 is 19.1 Å². The lowest BCUT2D eigenvalue weighted by molar-refractivity contribution is -0.0457. The lowest BCUT2D eigenvalue weighted by atomic mass is 9.85. The van der Waals surface area contributed by atoms with Crippen LogP contribution in [-0.4, -0.2) is 16.5 Å². The zero-order valence-corrected chi connectivity index (χ0v) is 9.79. The molecule has 1 aliphatic heterocycles. The maximum atomic E-state index is 12.3. The fraction of sp³-hybridized carbons (Fsp3) is 0.214. The van der Waals surface area contributed by atoms with Gasteiger partial charge in [0, 0.05) is 0 Å². The van der Waals surface area contributed by atoms with E-state index in [1.54, 1.807) is 36.4 Å². The highest BCUT2D eigenvalue weighted by molar-refractivity contribution is 6.05. The number of hydrogen-bond donors (Lipinski definition) is 1. The first kappa shape index (κ1) is 11.0. The number of carbonyl (C=O) groups is 1. The largest absolute Gasteiger partial charge is 0.478 e. The highest BCUT2D eigenvalue weighted by atomic mass is 16.5. The van der Waals surface area contributed by atoms with Crippen molar-refractivity contribution in [3.05, 3.63) is 54.0 Å². The second-order valence-electron chi connectivity index (χ2n) is 4.49. The van der Waals surface area contributed by atoms with Crippen LogP contribution < -0.4 is 4.74 Å². The van der Waals surface area contributed by atoms with E-state index in [4.69, 9.17) is 9.15 Å². The highest BCUT2D eigenvalue weighted by Gasteiger charge is 2.48. The lowest BCUT2D eigenvalue weighted by Crippen LogP contribution is -2.47. The van der Waals surface area contributed by atoms with Crippen LogP contribution in [0.15, 0.2) is 47.1 Å². The fourth-order valence-electron chi connectivity index (χ4n) is 2.17. The number of fused-ring (bicyclic) bond motifs is 1. The van der Waals surface area contributed by atoms with Crippen LogP contribution in [-0.2, 0) is 0 Å². The molecule has 2 heterocycles. The van der Waals surface area contributed by atoms with Gasteiger partial charge in [-0.25, -0.2) is 0 Å². The first-order valence-electron chi connectivity index (χ1n) is 5.67. The average molecular weight is 244 g/mol. The van der Waals surface area contributed by atoms with E-state index in [0.29, 0.717) is 17.1 Å². The van der Waals surface area contributed by atoms with Crippen molar-refractivity contribution in [2.45, 2.75) is 18.6 Å². The van der Waals surface area contributed by atoms with Crippen molar-refractivity contribution >= 4 is 5.78 Å². The summed E-state index contributed by atoms with van der Waals surface area (Å²) >= 11 is 0. The molecule has 0 amide bonds. The first-order chi connectivity index (χ1) is 8.60. The van der Waals surface area contributed by atoms with Gasteiger partial charge in [0.2, 0.25) is 5.78 Å². The van der Waals surface area contributed by atoms with Gasteiger partial charge in [0.05, 0.1) is 11.8 Å². The SMILES string of the molecule is CC1(O)C(=O)c2ccccc2OC1c1ccco1. The monoisotopic (exact) mass is 244 g/mol. The third kappa shape index (κ3) is 1.46. The summed E-state index contributed by atoms with van der Waals surface area (Å²) in [5, 5.41) is 10.4. The van der Waals surface area contributed by atoms with E-state index in [-0.39, 0.29) is 5.78 Å². The Labute approximate surface area is 104 Å². The Kier molecular flexibility index (Phi) is 2.28. The van der Waals surface area contributed by atoms with Gasteiger partial charge in [-0.15, -0.1) is 0 Å². The van der Waals surface area contributed by atoms with Crippen LogP contribution in [0.1, 0.15) is 29.1 Å². The topological polar surface area (TPSA) is 59.7 Å². The van der Waals surface area contributed by atoms with Crippen LogP contribution in [0.3, 0.4) is 0 Å². The number of Topliss-reactive ketones (excluding diaryl/α,β-unsaturated/α-hetero) is 1. The van der Waals surface area contributed by atoms with Crippen LogP contribution in [0.4, 0.5) is 0 Å². The predicted molar refractivity (Wildman–Crippen MR) is 63.5 cm³/mol. The van der Waals surface area contributed by atoms with E-state index < -0.39 is 11.7 Å². The Bertz CT molecular complexity index is 584. The quantitative estimate of drug-likeness (QED) is 0.836. The molecule has 4 heteroatoms. The van der Waals surface area contributed by atoms with Gasteiger partial charge in [0.25, 0.3) is 0 Å². The molecule has 4 nitrogen and oxygen atoms in total. The van der Waals surface area contributed by atoms with Gasteiger partial charge in [0.15, 0.2) is 11.7 Å². The number of furan rings is 1. The van der Waals surface area contributed by atoms with E-state index in [1.165, 1.54) is 13.2 Å². The summed E-state index contributed by atoms with van der Waals surface area (Å²) in [6.45, 7) is 1.44. The molecule has 0 radical (unpaired) electrons. The minimum Gasteiger partial charge on any atom is -0.478 e. The van der Waals surface area contributed by atoms with Gasteiger partial charge < -0.3 is 14.3 Å². The molecular formula is C14H12O4. The van der Waals surface area contributed by atoms with Gasteiger partial charge in [-0.05, 0) is 31.2 Å². The molecule has 1 N–H and O–H groups in total. The zero-order valence-electron chi connectivity index (χ0n) is 9.79. The van der Waals surface area contributed by atoms with E-state index in [0.717, 1.165) is 0 Å². The molecule has 1 aromatic heterocycles. The molecule has 0 saturated carbocycles. The Balaban J connectivity index is 2.12. The molecule has 92 valence electrons. The van der Waals surface area contributed by atoms with Crippen LogP contribution >= 0.6 is 0 Å². The summed E-state index contributed by atoms with van der Waals surface area (Å²) in [6.07, 6.45) is 0.662. The Morgan fingerprint density at radius 3 is 2.72 bits per heavy atom. The normalized spacial score (nSPS) is 26.6. The van der Waals surface area contributed by atoms with Gasteiger partial charge in [0.1, 0.15) is 11.5 Å². The summed E-state index contributed by atoms with van der Waals surface area (Å²) in [5.74, 6) is 0.545. The molecule has 0 spiro atoms. The van der Waals surface area contributed by atoms with Gasteiger partial charge in [-0.2, -0.15) is 0 Å². The van der Waals surface area contributed by atoms with Crippen LogP contribution in [0.25, 0.3) is 0 Å². The molecule has 18 heavy (non-hydrogen) atoms. The molecule has 0 aliphatic carbocycles. The molecule has 2 atom stereocenters. The maximum Gasteiger partial charge on any atom is 0.202 e. The van der Waals surface area contributed by atoms with Crippen molar-refractivity contribution in [1.82, 2.24) is 0 Å². The van der Waals surface area contributed by atoms with E-state index in [1.807, 2.05) is 0 Å². The summed E-state index contributed by atoms with van der Waals surface area (Å²) in [6, 6.07) is 10.2. The van der Waals surface area contributed by atoms with Crippen molar-refractivity contribution in [2.75, 3.05) is 0 Å². The maximum absolute atomic E-state index is 12.3. The molecule has 1 aromatic carbocycles. The van der Waals surface area contributed by atoms with E-state index in [2.05, 4.69) is 0 Å². The van der Waals surface area contributed by atoms with Gasteiger partial charge in [-0.3, -0.25) is 4.79 Å². The number of aliphatic hydroxyl groups is 1. The van der Waals surface area contributed by atoms with Crippen LogP contribution in [0, 0.1) is 0 Å². The molecule has 1 aliphatic rings. The number of hydrogen-bond acceptors (Lipinski definition) is 4. The van der Waals surface area contributed by atoms with Crippen molar-refractivity contribution in [1.29, 1.82) is 0 Å². The van der Waals surface area contributed by atoms with Crippen LogP contribution in [0.5, 0.6) is 5.75 Å². The zero-order chi connectivity index (χ0) is 12.8. The summed E-state index contributed by atoms with van der Waals surface area (Å²) in [4.78, 5) is 12.3. The third-order valence-corrected chi connectivity index (χ3v) is 3.15. The number of benzene rings is 1. The summed E-state index contributed by atoms with van der Waals surface area (Å²) < 4.78 is 10.9. The highest BCUT2D eigenvalue weighted by Crippen LogP contribution is 2.40. The lowest BCUT2D eigenvalue weighted by Gasteiger charge is -2.35. The Morgan fingerprint density at radius 1 is 1.22 bits per heavy atom. The Hall–Kier alpha value is -2.07. The molecule has 0 fully saturated rings. The molecule has 0 saturated heterocycles. The number of rotatable bonds is 1. The number of para-hydroxylation sites is 1. The molecule has 3 rings (SSSR count). The van der Waals surface area contributed by atoms with Crippen LogP contribution in [0.2, 0.25) is 0 Å². The second kappa shape index (κ2) is 3.71. The minimum absolute atomic E-state index is 0.356.